The summed E-state index contributed by atoms with van der Waals surface area (Å²) in [7, 11) is 0. The van der Waals surface area contributed by atoms with Crippen LogP contribution in [0.5, 0.6) is 0 Å². The number of aromatic nitrogens is 3. The van der Waals surface area contributed by atoms with Crippen LogP contribution >= 0.6 is 0 Å². The van der Waals surface area contributed by atoms with E-state index < -0.39 is 18.1 Å². The van der Waals surface area contributed by atoms with Crippen LogP contribution in [0.25, 0.3) is 22.2 Å². The van der Waals surface area contributed by atoms with Crippen molar-refractivity contribution in [2.75, 3.05) is 5.73 Å². The molecular weight excluding hydrogens is 355 g/mol. The van der Waals surface area contributed by atoms with Crippen molar-refractivity contribution in [1.29, 1.82) is 0 Å². The molecule has 136 valence electrons. The molecule has 3 rings (SSSR count). The van der Waals surface area contributed by atoms with Gasteiger partial charge in [0.05, 0.1) is 6.20 Å². The predicted octanol–water partition coefficient (Wildman–Crippen LogP) is 1.94. The van der Waals surface area contributed by atoms with Gasteiger partial charge in [-0.1, -0.05) is 12.1 Å². The molecule has 0 saturated heterocycles. The Morgan fingerprint density at radius 2 is 1.73 bits per heavy atom. The molecule has 1 amide bonds. The van der Waals surface area contributed by atoms with Gasteiger partial charge < -0.3 is 16.6 Å². The second-order valence-corrected chi connectivity index (χ2v) is 4.98. The lowest BCUT2D eigenvalue weighted by atomic mass is 10.0. The molecule has 0 aliphatic heterocycles. The number of primary amides is 1. The molecule has 0 aliphatic rings. The lowest BCUT2D eigenvalue weighted by molar-refractivity contribution is -0.192. The minimum absolute atomic E-state index is 0.198. The molecule has 11 heteroatoms. The number of aromatic amines is 1. The third-order valence-corrected chi connectivity index (χ3v) is 3.14. The number of nitrogens with two attached hydrogens (primary N) is 2. The van der Waals surface area contributed by atoms with Gasteiger partial charge in [-0.05, 0) is 29.3 Å². The number of hydrogen-bond acceptors (Lipinski definition) is 5. The van der Waals surface area contributed by atoms with Crippen molar-refractivity contribution in [3.63, 3.8) is 0 Å². The van der Waals surface area contributed by atoms with Crippen molar-refractivity contribution in [2.24, 2.45) is 5.73 Å². The first-order chi connectivity index (χ1) is 12.1. The molecule has 2 heterocycles. The van der Waals surface area contributed by atoms with Gasteiger partial charge in [-0.2, -0.15) is 18.3 Å². The standard InChI is InChI=1S/C13H11N5O.C2HF3O2/c14-8-3-1-7(2-4-8)9-5-11(12(15)19)17-13-10(9)6-16-18-13;3-2(4,5)1(6)7/h1-6H,14H2,(H2,15,19)(H,16,17,18);(H,6,7). The Morgan fingerprint density at radius 1 is 1.15 bits per heavy atom. The number of alkyl halides is 3. The van der Waals surface area contributed by atoms with E-state index in [-0.39, 0.29) is 5.69 Å². The third-order valence-electron chi connectivity index (χ3n) is 3.14. The fourth-order valence-electron chi connectivity index (χ4n) is 1.96. The first kappa shape index (κ1) is 18.7. The maximum absolute atomic E-state index is 11.3. The van der Waals surface area contributed by atoms with Crippen molar-refractivity contribution < 1.29 is 27.9 Å². The van der Waals surface area contributed by atoms with Crippen LogP contribution in [0, 0.1) is 0 Å². The number of carboxylic acid groups (broad SMARTS) is 1. The summed E-state index contributed by atoms with van der Waals surface area (Å²) in [4.78, 5) is 24.3. The molecular formula is C15H12F3N5O3. The number of H-pyrrole nitrogens is 1. The zero-order chi connectivity index (χ0) is 19.5. The normalized spacial score (nSPS) is 10.9. The molecule has 0 bridgehead atoms. The Balaban J connectivity index is 0.000000298. The number of halogens is 3. The SMILES string of the molecule is NC(=O)c1cc(-c2ccc(N)cc2)c2cn[nH]c2n1.O=C(O)C(F)(F)F. The smallest absolute Gasteiger partial charge is 0.475 e. The predicted molar refractivity (Wildman–Crippen MR) is 85.9 cm³/mol. The number of rotatable bonds is 2. The van der Waals surface area contributed by atoms with Crippen LogP contribution < -0.4 is 11.5 Å². The van der Waals surface area contributed by atoms with Crippen molar-refractivity contribution >= 4 is 28.6 Å². The molecule has 0 unspecified atom stereocenters. The van der Waals surface area contributed by atoms with Gasteiger partial charge >= 0.3 is 12.1 Å². The first-order valence-corrected chi connectivity index (χ1v) is 6.89. The van der Waals surface area contributed by atoms with Crippen molar-refractivity contribution in [1.82, 2.24) is 15.2 Å². The summed E-state index contributed by atoms with van der Waals surface area (Å²) in [5, 5.41) is 14.6. The summed E-state index contributed by atoms with van der Waals surface area (Å²) in [6.45, 7) is 0. The fraction of sp³-hybridized carbons (Fsp3) is 0.0667. The van der Waals surface area contributed by atoms with E-state index >= 15 is 0 Å². The minimum atomic E-state index is -5.08. The van der Waals surface area contributed by atoms with E-state index in [0.717, 1.165) is 16.5 Å². The minimum Gasteiger partial charge on any atom is -0.475 e. The molecule has 8 nitrogen and oxygen atoms in total. The highest BCUT2D eigenvalue weighted by Gasteiger charge is 2.38. The Kier molecular flexibility index (Phi) is 5.10. The van der Waals surface area contributed by atoms with Crippen LogP contribution in [0.1, 0.15) is 10.5 Å². The number of amides is 1. The summed E-state index contributed by atoms with van der Waals surface area (Å²) in [5.41, 5.74) is 14.1. The van der Waals surface area contributed by atoms with Crippen LogP contribution in [0.15, 0.2) is 36.5 Å². The lowest BCUT2D eigenvalue weighted by Crippen LogP contribution is -2.21. The molecule has 0 spiro atoms. The summed E-state index contributed by atoms with van der Waals surface area (Å²) < 4.78 is 31.7. The maximum Gasteiger partial charge on any atom is 0.490 e. The van der Waals surface area contributed by atoms with Crippen molar-refractivity contribution in [3.05, 3.63) is 42.2 Å². The van der Waals surface area contributed by atoms with Crippen LogP contribution in [0.3, 0.4) is 0 Å². The average Bonchev–Trinajstić information content (AvgIpc) is 3.03. The molecule has 2 aromatic heterocycles. The van der Waals surface area contributed by atoms with Crippen LogP contribution in [-0.4, -0.2) is 38.3 Å². The summed E-state index contributed by atoms with van der Waals surface area (Å²) >= 11 is 0. The molecule has 6 N–H and O–H groups in total. The number of carboxylic acids is 1. The zero-order valence-corrected chi connectivity index (χ0v) is 12.9. The van der Waals surface area contributed by atoms with E-state index in [1.54, 1.807) is 24.4 Å². The maximum atomic E-state index is 11.3. The van der Waals surface area contributed by atoms with Crippen molar-refractivity contribution in [2.45, 2.75) is 6.18 Å². The number of aliphatic carboxylic acids is 1. The van der Waals surface area contributed by atoms with E-state index in [0.29, 0.717) is 11.3 Å². The van der Waals surface area contributed by atoms with Gasteiger partial charge in [-0.25, -0.2) is 9.78 Å². The van der Waals surface area contributed by atoms with Crippen LogP contribution in [0.2, 0.25) is 0 Å². The monoisotopic (exact) mass is 367 g/mol. The van der Waals surface area contributed by atoms with Gasteiger partial charge in [0.25, 0.3) is 5.91 Å². The number of carbonyl (C=O) groups is 2. The second-order valence-electron chi connectivity index (χ2n) is 4.98. The molecule has 0 aliphatic carbocycles. The average molecular weight is 367 g/mol. The van der Waals surface area contributed by atoms with E-state index in [1.165, 1.54) is 0 Å². The largest absolute Gasteiger partial charge is 0.490 e. The Labute approximate surface area is 143 Å². The van der Waals surface area contributed by atoms with E-state index in [9.17, 15) is 18.0 Å². The van der Waals surface area contributed by atoms with E-state index in [4.69, 9.17) is 21.4 Å². The Morgan fingerprint density at radius 3 is 2.23 bits per heavy atom. The Bertz CT molecular complexity index is 951. The number of fused-ring (bicyclic) bond motifs is 1. The fourth-order valence-corrected chi connectivity index (χ4v) is 1.96. The number of benzene rings is 1. The second kappa shape index (κ2) is 7.09. The molecule has 0 saturated carbocycles. The van der Waals surface area contributed by atoms with Crippen molar-refractivity contribution in [3.8, 4) is 11.1 Å². The number of pyridine rings is 1. The molecule has 1 aromatic carbocycles. The number of nitrogen functional groups attached to an aromatic ring is 1. The molecule has 0 fully saturated rings. The summed E-state index contributed by atoms with van der Waals surface area (Å²) in [5.74, 6) is -3.33. The first-order valence-electron chi connectivity index (χ1n) is 6.89. The number of carbonyl (C=O) groups excluding carboxylic acids is 1. The van der Waals surface area contributed by atoms with Gasteiger partial charge in [-0.15, -0.1) is 0 Å². The number of nitrogens with one attached hydrogen (secondary N) is 1. The van der Waals surface area contributed by atoms with Gasteiger partial charge in [0, 0.05) is 11.1 Å². The zero-order valence-electron chi connectivity index (χ0n) is 12.9. The van der Waals surface area contributed by atoms with Gasteiger partial charge in [0.2, 0.25) is 0 Å². The molecule has 0 radical (unpaired) electrons. The van der Waals surface area contributed by atoms with E-state index in [1.807, 2.05) is 12.1 Å². The van der Waals surface area contributed by atoms with Gasteiger partial charge in [-0.3, -0.25) is 9.89 Å². The molecule has 3 aromatic rings. The van der Waals surface area contributed by atoms with Gasteiger partial charge in [0.15, 0.2) is 5.65 Å². The number of nitrogens with zero attached hydrogens (tertiary/aromatic N) is 2. The lowest BCUT2D eigenvalue weighted by Gasteiger charge is -2.05. The highest BCUT2D eigenvalue weighted by atomic mass is 19.4. The summed E-state index contributed by atoms with van der Waals surface area (Å²) in [6.07, 6.45) is -3.42. The van der Waals surface area contributed by atoms with E-state index in [2.05, 4.69) is 15.2 Å². The number of hydrogen-bond donors (Lipinski definition) is 4. The molecule has 26 heavy (non-hydrogen) atoms. The highest BCUT2D eigenvalue weighted by Crippen LogP contribution is 2.28. The third kappa shape index (κ3) is 4.26. The van der Waals surface area contributed by atoms with Gasteiger partial charge in [0.1, 0.15) is 5.69 Å². The highest BCUT2D eigenvalue weighted by molar-refractivity contribution is 5.99. The number of anilines is 1. The quantitative estimate of drug-likeness (QED) is 0.509. The molecule has 0 atom stereocenters. The van der Waals surface area contributed by atoms with Crippen LogP contribution in [0.4, 0.5) is 18.9 Å². The van der Waals surface area contributed by atoms with Crippen LogP contribution in [-0.2, 0) is 4.79 Å². The summed E-state index contributed by atoms with van der Waals surface area (Å²) in [6, 6.07) is 9.01. The Hall–Kier alpha value is -3.63. The topological polar surface area (TPSA) is 148 Å².